The van der Waals surface area contributed by atoms with Crippen molar-refractivity contribution in [3.63, 3.8) is 0 Å². The van der Waals surface area contributed by atoms with Crippen molar-refractivity contribution < 1.29 is 33.0 Å². The van der Waals surface area contributed by atoms with Crippen LogP contribution in [0, 0.1) is 17.6 Å². The summed E-state index contributed by atoms with van der Waals surface area (Å²) < 4.78 is 39.0. The van der Waals surface area contributed by atoms with Gasteiger partial charge in [-0.15, -0.1) is 0 Å². The highest BCUT2D eigenvalue weighted by Gasteiger charge is 2.26. The van der Waals surface area contributed by atoms with Gasteiger partial charge in [0.05, 0.1) is 11.9 Å². The molecule has 0 saturated heterocycles. The van der Waals surface area contributed by atoms with E-state index in [2.05, 4.69) is 9.88 Å². The molecular weight excluding hydrogens is 602 g/mol. The zero-order valence-corrected chi connectivity index (χ0v) is 24.4. The Bertz CT molecular complexity index is 1880. The molecule has 0 amide bonds. The predicted molar refractivity (Wildman–Crippen MR) is 165 cm³/mol. The number of aromatic carboxylic acids is 1. The fourth-order valence-corrected chi connectivity index (χ4v) is 4.83. The van der Waals surface area contributed by atoms with E-state index in [1.807, 2.05) is 30.3 Å². The third-order valence-electron chi connectivity index (χ3n) is 7.22. The summed E-state index contributed by atoms with van der Waals surface area (Å²) in [4.78, 5) is 32.1. The average Bonchev–Trinajstić information content (AvgIpc) is 3.87. The maximum Gasteiger partial charge on any atom is 0.339 e. The highest BCUT2D eigenvalue weighted by Crippen LogP contribution is 2.38. The molecule has 10 heteroatoms. The van der Waals surface area contributed by atoms with Crippen LogP contribution in [-0.2, 0) is 0 Å². The van der Waals surface area contributed by atoms with Gasteiger partial charge >= 0.3 is 5.97 Å². The van der Waals surface area contributed by atoms with Crippen LogP contribution in [0.3, 0.4) is 0 Å². The van der Waals surface area contributed by atoms with Gasteiger partial charge in [0.25, 0.3) is 0 Å². The number of pyridine rings is 1. The number of anilines is 2. The Kier molecular flexibility index (Phi) is 8.44. The van der Waals surface area contributed by atoms with E-state index in [1.165, 1.54) is 30.3 Å². The molecule has 5 aromatic rings. The van der Waals surface area contributed by atoms with E-state index >= 15 is 0 Å². The lowest BCUT2D eigenvalue weighted by Gasteiger charge is -2.25. The summed E-state index contributed by atoms with van der Waals surface area (Å²) in [6.45, 7) is 0.813. The zero-order valence-electron chi connectivity index (χ0n) is 23.6. The van der Waals surface area contributed by atoms with Crippen molar-refractivity contribution in [2.75, 3.05) is 11.4 Å². The zero-order chi connectivity index (χ0) is 31.5. The van der Waals surface area contributed by atoms with Crippen molar-refractivity contribution in [1.82, 2.24) is 4.98 Å². The average molecular weight is 627 g/mol. The summed E-state index contributed by atoms with van der Waals surface area (Å²) >= 11 is 6.08. The van der Waals surface area contributed by atoms with E-state index in [0.29, 0.717) is 17.0 Å². The smallest absolute Gasteiger partial charge is 0.339 e. The highest BCUT2D eigenvalue weighted by molar-refractivity contribution is 6.30. The first-order valence-electron chi connectivity index (χ1n) is 14.1. The number of carbonyl (C=O) groups excluding carboxylic acids is 1. The Morgan fingerprint density at radius 1 is 0.822 bits per heavy atom. The van der Waals surface area contributed by atoms with E-state index in [4.69, 9.17) is 21.1 Å². The van der Waals surface area contributed by atoms with E-state index in [1.54, 1.807) is 24.4 Å². The van der Waals surface area contributed by atoms with Gasteiger partial charge in [-0.3, -0.25) is 9.78 Å². The van der Waals surface area contributed by atoms with Crippen LogP contribution in [0.4, 0.5) is 20.2 Å². The molecule has 0 radical (unpaired) electrons. The number of carbonyl (C=O) groups is 2. The summed E-state index contributed by atoms with van der Waals surface area (Å²) in [5, 5.41) is 10.6. The lowest BCUT2D eigenvalue weighted by atomic mass is 10.0. The normalized spacial score (nSPS) is 12.4. The van der Waals surface area contributed by atoms with Crippen LogP contribution in [0.2, 0.25) is 5.02 Å². The van der Waals surface area contributed by atoms with Gasteiger partial charge in [-0.25, -0.2) is 13.6 Å². The minimum Gasteiger partial charge on any atom is -0.478 e. The minimum atomic E-state index is -1.33. The van der Waals surface area contributed by atoms with Gasteiger partial charge in [0.2, 0.25) is 5.78 Å². The van der Waals surface area contributed by atoms with Crippen LogP contribution in [0.15, 0.2) is 103 Å². The summed E-state index contributed by atoms with van der Waals surface area (Å²) in [6, 6.07) is 24.1. The molecule has 4 aromatic carbocycles. The first-order valence-corrected chi connectivity index (χ1v) is 14.4. The van der Waals surface area contributed by atoms with Crippen molar-refractivity contribution in [1.29, 1.82) is 0 Å². The van der Waals surface area contributed by atoms with Crippen LogP contribution >= 0.6 is 11.6 Å². The number of para-hydroxylation sites is 2. The number of hydrogen-bond acceptors (Lipinski definition) is 6. The number of ketones is 1. The molecule has 6 rings (SSSR count). The Morgan fingerprint density at radius 3 is 2.11 bits per heavy atom. The van der Waals surface area contributed by atoms with Crippen molar-refractivity contribution in [2.45, 2.75) is 12.8 Å². The topological polar surface area (TPSA) is 89.0 Å². The summed E-state index contributed by atoms with van der Waals surface area (Å²) in [5.41, 5.74) is 1.75. The van der Waals surface area contributed by atoms with Crippen LogP contribution in [0.5, 0.6) is 23.0 Å². The summed E-state index contributed by atoms with van der Waals surface area (Å²) in [5.74, 6) is -3.05. The summed E-state index contributed by atoms with van der Waals surface area (Å²) in [7, 11) is 0. The maximum absolute atomic E-state index is 14.2. The van der Waals surface area contributed by atoms with E-state index in [9.17, 15) is 23.5 Å². The quantitative estimate of drug-likeness (QED) is 0.146. The SMILES string of the molecule is O=C(c1ccc(Oc2ccccc2Oc2ccc(F)cc2F)c(C(=O)O)c1)c1ccc(N(CC2CC2)c2ccc(Cl)cc2)cn1. The second kappa shape index (κ2) is 12.8. The predicted octanol–water partition coefficient (Wildman–Crippen LogP) is 9.08. The molecule has 0 aliphatic heterocycles. The monoisotopic (exact) mass is 626 g/mol. The molecule has 0 atom stereocenters. The van der Waals surface area contributed by atoms with Crippen molar-refractivity contribution in [2.24, 2.45) is 5.92 Å². The number of benzene rings is 4. The third kappa shape index (κ3) is 6.94. The van der Waals surface area contributed by atoms with Crippen LogP contribution in [0.1, 0.15) is 39.3 Å². The van der Waals surface area contributed by atoms with Crippen LogP contribution in [0.25, 0.3) is 0 Å². The molecule has 1 saturated carbocycles. The Morgan fingerprint density at radius 2 is 1.49 bits per heavy atom. The molecule has 1 aromatic heterocycles. The molecule has 1 aliphatic rings. The number of rotatable bonds is 11. The standard InChI is InChI=1S/C35H25ClF2N2O5/c36-23-8-11-25(12-9-23)40(20-21-5-6-21)26-13-14-29(39-19-26)34(41)22-7-15-30(27(17-22)35(42)43)44-32-3-1-2-4-33(32)45-31-16-10-24(37)18-28(31)38/h1-4,7-19,21H,5-6,20H2,(H,42,43). The number of nitrogens with zero attached hydrogens (tertiary/aromatic N) is 2. The molecule has 0 bridgehead atoms. The second-order valence-corrected chi connectivity index (χ2v) is 10.9. The van der Waals surface area contributed by atoms with Crippen LogP contribution in [-0.4, -0.2) is 28.4 Å². The molecule has 1 N–H and O–H groups in total. The minimum absolute atomic E-state index is 0.0677. The van der Waals surface area contributed by atoms with Crippen molar-refractivity contribution in [3.05, 3.63) is 137 Å². The first-order chi connectivity index (χ1) is 21.7. The Balaban J connectivity index is 1.23. The van der Waals surface area contributed by atoms with Gasteiger partial charge < -0.3 is 19.5 Å². The lowest BCUT2D eigenvalue weighted by Crippen LogP contribution is -2.20. The van der Waals surface area contributed by atoms with Gasteiger partial charge in [0.15, 0.2) is 23.1 Å². The molecule has 7 nitrogen and oxygen atoms in total. The molecule has 226 valence electrons. The molecule has 0 unspecified atom stereocenters. The number of aromatic nitrogens is 1. The van der Waals surface area contributed by atoms with Gasteiger partial charge in [0, 0.05) is 28.9 Å². The number of carboxylic acid groups (broad SMARTS) is 1. The molecule has 0 spiro atoms. The molecular formula is C35H25ClF2N2O5. The lowest BCUT2D eigenvalue weighted by molar-refractivity contribution is 0.0694. The largest absolute Gasteiger partial charge is 0.478 e. The molecule has 1 aliphatic carbocycles. The fourth-order valence-electron chi connectivity index (χ4n) is 4.71. The van der Waals surface area contributed by atoms with Crippen LogP contribution < -0.4 is 14.4 Å². The van der Waals surface area contributed by atoms with Gasteiger partial charge in [-0.1, -0.05) is 23.7 Å². The second-order valence-electron chi connectivity index (χ2n) is 10.5. The molecule has 45 heavy (non-hydrogen) atoms. The van der Waals surface area contributed by atoms with E-state index in [-0.39, 0.29) is 39.8 Å². The highest BCUT2D eigenvalue weighted by atomic mass is 35.5. The molecule has 1 heterocycles. The van der Waals surface area contributed by atoms with Gasteiger partial charge in [0.1, 0.15) is 22.8 Å². The van der Waals surface area contributed by atoms with Gasteiger partial charge in [-0.2, -0.15) is 0 Å². The maximum atomic E-state index is 14.2. The number of halogens is 3. The Labute approximate surface area is 262 Å². The fraction of sp³-hybridized carbons (Fsp3) is 0.114. The Hall–Kier alpha value is -5.28. The first kappa shape index (κ1) is 29.8. The van der Waals surface area contributed by atoms with Gasteiger partial charge in [-0.05, 0) is 97.6 Å². The van der Waals surface area contributed by atoms with Crippen molar-refractivity contribution in [3.8, 4) is 23.0 Å². The molecule has 1 fully saturated rings. The third-order valence-corrected chi connectivity index (χ3v) is 7.48. The summed E-state index contributed by atoms with van der Waals surface area (Å²) in [6.07, 6.45) is 3.94. The van der Waals surface area contributed by atoms with E-state index < -0.39 is 23.4 Å². The van der Waals surface area contributed by atoms with Crippen molar-refractivity contribution >= 4 is 34.7 Å². The number of ether oxygens (including phenoxy) is 2. The number of hydrogen-bond donors (Lipinski definition) is 1. The van der Waals surface area contributed by atoms with E-state index in [0.717, 1.165) is 42.9 Å². The number of carboxylic acids is 1.